The van der Waals surface area contributed by atoms with Crippen molar-refractivity contribution >= 4 is 11.9 Å². The first kappa shape index (κ1) is 15.2. The van der Waals surface area contributed by atoms with E-state index in [4.69, 9.17) is 5.11 Å². The molecular formula is C15H21NO3. The van der Waals surface area contributed by atoms with E-state index in [0.29, 0.717) is 6.42 Å². The monoisotopic (exact) mass is 263 g/mol. The number of rotatable bonds is 7. The highest BCUT2D eigenvalue weighted by molar-refractivity contribution is 5.83. The van der Waals surface area contributed by atoms with Crippen molar-refractivity contribution in [3.8, 4) is 0 Å². The first-order valence-corrected chi connectivity index (χ1v) is 6.61. The largest absolute Gasteiger partial charge is 0.481 e. The number of nitrogens with one attached hydrogen (secondary N) is 1. The zero-order chi connectivity index (χ0) is 14.3. The smallest absolute Gasteiger partial charge is 0.308 e. The summed E-state index contributed by atoms with van der Waals surface area (Å²) in [5, 5.41) is 11.7. The second-order valence-electron chi connectivity index (χ2n) is 4.70. The molecular weight excluding hydrogens is 242 g/mol. The Morgan fingerprint density at radius 1 is 1.26 bits per heavy atom. The lowest BCUT2D eigenvalue weighted by Crippen LogP contribution is -2.35. The molecule has 0 fully saturated rings. The highest BCUT2D eigenvalue weighted by Crippen LogP contribution is 2.14. The molecule has 1 aromatic carbocycles. The number of hydrogen-bond donors (Lipinski definition) is 2. The van der Waals surface area contributed by atoms with Gasteiger partial charge < -0.3 is 10.4 Å². The first-order chi connectivity index (χ1) is 9.06. The van der Waals surface area contributed by atoms with E-state index < -0.39 is 11.9 Å². The Bertz CT molecular complexity index is 417. The van der Waals surface area contributed by atoms with Gasteiger partial charge in [0.1, 0.15) is 0 Å². The maximum absolute atomic E-state index is 12.0. The van der Waals surface area contributed by atoms with Crippen molar-refractivity contribution in [2.75, 3.05) is 6.54 Å². The van der Waals surface area contributed by atoms with E-state index in [-0.39, 0.29) is 18.4 Å². The zero-order valence-electron chi connectivity index (χ0n) is 11.4. The van der Waals surface area contributed by atoms with Crippen molar-refractivity contribution < 1.29 is 14.7 Å². The summed E-state index contributed by atoms with van der Waals surface area (Å²) >= 11 is 0. The van der Waals surface area contributed by atoms with E-state index in [0.717, 1.165) is 12.0 Å². The molecule has 2 atom stereocenters. The number of carboxylic acid groups (broad SMARTS) is 1. The highest BCUT2D eigenvalue weighted by atomic mass is 16.4. The minimum absolute atomic E-state index is 0.131. The minimum Gasteiger partial charge on any atom is -0.481 e. The van der Waals surface area contributed by atoms with E-state index in [1.54, 1.807) is 0 Å². The predicted molar refractivity (Wildman–Crippen MR) is 73.9 cm³/mol. The molecule has 4 nitrogen and oxygen atoms in total. The van der Waals surface area contributed by atoms with Crippen molar-refractivity contribution in [2.24, 2.45) is 5.92 Å². The highest BCUT2D eigenvalue weighted by Gasteiger charge is 2.20. The summed E-state index contributed by atoms with van der Waals surface area (Å²) in [5.41, 5.74) is 0.933. The third-order valence-corrected chi connectivity index (χ3v) is 3.20. The number of carbonyl (C=O) groups excluding carboxylic acids is 1. The molecule has 0 heterocycles. The van der Waals surface area contributed by atoms with Gasteiger partial charge in [0.15, 0.2) is 0 Å². The van der Waals surface area contributed by atoms with E-state index >= 15 is 0 Å². The lowest BCUT2D eigenvalue weighted by Gasteiger charge is -2.16. The van der Waals surface area contributed by atoms with Gasteiger partial charge in [0.2, 0.25) is 5.91 Å². The van der Waals surface area contributed by atoms with Crippen molar-refractivity contribution in [1.29, 1.82) is 0 Å². The average Bonchev–Trinajstić information content (AvgIpc) is 2.42. The van der Waals surface area contributed by atoms with Gasteiger partial charge in [-0.15, -0.1) is 0 Å². The summed E-state index contributed by atoms with van der Waals surface area (Å²) < 4.78 is 0. The van der Waals surface area contributed by atoms with Gasteiger partial charge in [0, 0.05) is 6.54 Å². The Kier molecular flexibility index (Phi) is 6.06. The molecule has 19 heavy (non-hydrogen) atoms. The number of hydrogen-bond acceptors (Lipinski definition) is 2. The SMILES string of the molecule is CCCC(CNC(=O)[C@@H](C)c1ccccc1)C(=O)O. The van der Waals surface area contributed by atoms with Crippen LogP contribution in [0.5, 0.6) is 0 Å². The third-order valence-electron chi connectivity index (χ3n) is 3.20. The van der Waals surface area contributed by atoms with Crippen LogP contribution in [0.15, 0.2) is 30.3 Å². The Labute approximate surface area is 113 Å². The molecule has 1 aromatic rings. The molecule has 0 spiro atoms. The molecule has 1 unspecified atom stereocenters. The van der Waals surface area contributed by atoms with Crippen LogP contribution in [0, 0.1) is 5.92 Å². The Hall–Kier alpha value is -1.84. The van der Waals surface area contributed by atoms with Gasteiger partial charge >= 0.3 is 5.97 Å². The zero-order valence-corrected chi connectivity index (χ0v) is 11.4. The third kappa shape index (κ3) is 4.73. The van der Waals surface area contributed by atoms with E-state index in [9.17, 15) is 9.59 Å². The first-order valence-electron chi connectivity index (χ1n) is 6.61. The van der Waals surface area contributed by atoms with Crippen molar-refractivity contribution in [2.45, 2.75) is 32.6 Å². The van der Waals surface area contributed by atoms with Crippen LogP contribution in [0.1, 0.15) is 38.2 Å². The van der Waals surface area contributed by atoms with E-state index in [1.165, 1.54) is 0 Å². The fraction of sp³-hybridized carbons (Fsp3) is 0.467. The maximum atomic E-state index is 12.0. The molecule has 1 amide bonds. The number of carbonyl (C=O) groups is 2. The summed E-state index contributed by atoms with van der Waals surface area (Å²) in [6.07, 6.45) is 1.37. The lowest BCUT2D eigenvalue weighted by molar-refractivity contribution is -0.142. The molecule has 0 aromatic heterocycles. The van der Waals surface area contributed by atoms with Crippen LogP contribution in [0.25, 0.3) is 0 Å². The normalized spacial score (nSPS) is 13.6. The summed E-state index contributed by atoms with van der Waals surface area (Å²) in [6, 6.07) is 9.46. The van der Waals surface area contributed by atoms with Crippen LogP contribution < -0.4 is 5.32 Å². The van der Waals surface area contributed by atoms with Gasteiger partial charge in [0.05, 0.1) is 11.8 Å². The average molecular weight is 263 g/mol. The second kappa shape index (κ2) is 7.56. The second-order valence-corrected chi connectivity index (χ2v) is 4.70. The summed E-state index contributed by atoms with van der Waals surface area (Å²) in [4.78, 5) is 23.0. The van der Waals surface area contributed by atoms with Gasteiger partial charge in [-0.2, -0.15) is 0 Å². The van der Waals surface area contributed by atoms with Gasteiger partial charge in [-0.25, -0.2) is 0 Å². The summed E-state index contributed by atoms with van der Waals surface area (Å²) in [7, 11) is 0. The lowest BCUT2D eigenvalue weighted by atomic mass is 9.99. The van der Waals surface area contributed by atoms with Gasteiger partial charge in [0.25, 0.3) is 0 Å². The fourth-order valence-corrected chi connectivity index (χ4v) is 1.93. The van der Waals surface area contributed by atoms with Gasteiger partial charge in [-0.3, -0.25) is 9.59 Å². The molecule has 0 bridgehead atoms. The number of amides is 1. The molecule has 0 aliphatic rings. The maximum Gasteiger partial charge on any atom is 0.308 e. The number of aliphatic carboxylic acids is 1. The molecule has 0 aliphatic carbocycles. The molecule has 0 saturated carbocycles. The molecule has 1 rings (SSSR count). The molecule has 104 valence electrons. The molecule has 2 N–H and O–H groups in total. The molecule has 0 radical (unpaired) electrons. The minimum atomic E-state index is -0.852. The van der Waals surface area contributed by atoms with Crippen molar-refractivity contribution in [3.63, 3.8) is 0 Å². The quantitative estimate of drug-likeness (QED) is 0.794. The van der Waals surface area contributed by atoms with Crippen molar-refractivity contribution in [3.05, 3.63) is 35.9 Å². The molecule has 0 saturated heterocycles. The standard InChI is InChI=1S/C15H21NO3/c1-3-7-13(15(18)19)10-16-14(17)11(2)12-8-5-4-6-9-12/h4-6,8-9,11,13H,3,7,10H2,1-2H3,(H,16,17)(H,18,19)/t11-,13?/m0/s1. The molecule has 0 aliphatic heterocycles. The summed E-state index contributed by atoms with van der Waals surface area (Å²) in [6.45, 7) is 3.95. The van der Waals surface area contributed by atoms with Gasteiger partial charge in [-0.05, 0) is 18.9 Å². The van der Waals surface area contributed by atoms with Crippen LogP contribution in [-0.4, -0.2) is 23.5 Å². The molecule has 4 heteroatoms. The van der Waals surface area contributed by atoms with Crippen molar-refractivity contribution in [1.82, 2.24) is 5.32 Å². The van der Waals surface area contributed by atoms with Crippen LogP contribution in [0.2, 0.25) is 0 Å². The number of carboxylic acids is 1. The summed E-state index contributed by atoms with van der Waals surface area (Å²) in [5.74, 6) is -1.75. The Morgan fingerprint density at radius 3 is 2.42 bits per heavy atom. The van der Waals surface area contributed by atoms with Crippen LogP contribution >= 0.6 is 0 Å². The fourth-order valence-electron chi connectivity index (χ4n) is 1.93. The van der Waals surface area contributed by atoms with Crippen LogP contribution in [0.3, 0.4) is 0 Å². The van der Waals surface area contributed by atoms with E-state index in [2.05, 4.69) is 5.32 Å². The number of benzene rings is 1. The van der Waals surface area contributed by atoms with Gasteiger partial charge in [-0.1, -0.05) is 43.7 Å². The van der Waals surface area contributed by atoms with E-state index in [1.807, 2.05) is 44.2 Å². The predicted octanol–water partition coefficient (Wildman–Crippen LogP) is 2.41. The Morgan fingerprint density at radius 2 is 1.89 bits per heavy atom. The van der Waals surface area contributed by atoms with Crippen LogP contribution in [0.4, 0.5) is 0 Å². The Balaban J connectivity index is 2.53. The van der Waals surface area contributed by atoms with Crippen LogP contribution in [-0.2, 0) is 9.59 Å². The topological polar surface area (TPSA) is 66.4 Å².